The number of fused-ring (bicyclic) bond motifs is 3. The molecule has 3 heteroatoms. The van der Waals surface area contributed by atoms with Crippen LogP contribution in [-0.4, -0.2) is 15.0 Å². The highest BCUT2D eigenvalue weighted by Crippen LogP contribution is 2.56. The maximum absolute atomic E-state index is 5.21. The summed E-state index contributed by atoms with van der Waals surface area (Å²) in [6.45, 7) is 0. The van der Waals surface area contributed by atoms with Gasteiger partial charge in [-0.05, 0) is 165 Å². The van der Waals surface area contributed by atoms with E-state index in [-0.39, 0.29) is 0 Å². The molecule has 338 valence electrons. The molecule has 11 aromatic rings. The maximum atomic E-state index is 5.21. The summed E-state index contributed by atoms with van der Waals surface area (Å²) in [5.74, 6) is 3.26. The lowest BCUT2D eigenvalue weighted by Crippen LogP contribution is -2.25. The van der Waals surface area contributed by atoms with E-state index in [1.54, 1.807) is 11.1 Å². The standard InChI is InChI=1S/C68H51N3/c1-2-13-46(14-3-1)66-28-25-49(40-69-66)57-15-6-8-17-59(57)53-36-54(38-55(37-53)61-19-10-11-20-62(61)56-35-48-23-22-45-12-4-5-21-64(45)68(48)71-42-56)60-18-9-7-16-58(60)50-26-29-67(70-41-50)47-24-27-63-51-31-43-30-44(32-51)34-52(33-43)65(63)39-47/h1-29,35-44,51-52H,30-34H2. The molecule has 2 saturated carbocycles. The molecule has 4 aliphatic carbocycles. The van der Waals surface area contributed by atoms with Crippen LogP contribution in [0.4, 0.5) is 0 Å². The topological polar surface area (TPSA) is 38.7 Å². The lowest BCUT2D eigenvalue weighted by atomic mass is 9.67. The summed E-state index contributed by atoms with van der Waals surface area (Å²) in [5.41, 5.74) is 22.1. The Balaban J connectivity index is 0.886. The van der Waals surface area contributed by atoms with Crippen LogP contribution in [0.15, 0.2) is 225 Å². The monoisotopic (exact) mass is 909 g/mol. The number of rotatable bonds is 8. The van der Waals surface area contributed by atoms with E-state index in [1.807, 2.05) is 18.5 Å². The van der Waals surface area contributed by atoms with Crippen molar-refractivity contribution in [3.8, 4) is 89.3 Å². The fourth-order valence-electron chi connectivity index (χ4n) is 12.9. The molecule has 71 heavy (non-hydrogen) atoms. The Morgan fingerprint density at radius 2 is 0.746 bits per heavy atom. The van der Waals surface area contributed by atoms with Crippen molar-refractivity contribution in [1.82, 2.24) is 15.0 Å². The molecule has 0 spiro atoms. The molecular formula is C68H51N3. The first-order valence-electron chi connectivity index (χ1n) is 25.5. The Morgan fingerprint density at radius 1 is 0.282 bits per heavy atom. The van der Waals surface area contributed by atoms with Crippen molar-refractivity contribution in [3.63, 3.8) is 0 Å². The second-order valence-electron chi connectivity index (χ2n) is 20.4. The Hall–Kier alpha value is -8.27. The van der Waals surface area contributed by atoms with Crippen LogP contribution >= 0.6 is 0 Å². The van der Waals surface area contributed by atoms with Gasteiger partial charge in [0.05, 0.1) is 16.9 Å². The summed E-state index contributed by atoms with van der Waals surface area (Å²) in [6, 6.07) is 75.2. The largest absolute Gasteiger partial charge is 0.256 e. The van der Waals surface area contributed by atoms with Crippen molar-refractivity contribution in [2.45, 2.75) is 43.9 Å². The van der Waals surface area contributed by atoms with Gasteiger partial charge in [-0.25, -0.2) is 0 Å². The summed E-state index contributed by atoms with van der Waals surface area (Å²) in [5, 5.41) is 3.49. The predicted molar refractivity (Wildman–Crippen MR) is 294 cm³/mol. The summed E-state index contributed by atoms with van der Waals surface area (Å²) < 4.78 is 0. The summed E-state index contributed by atoms with van der Waals surface area (Å²) >= 11 is 0. The molecule has 0 radical (unpaired) electrons. The Kier molecular flexibility index (Phi) is 10.2. The highest BCUT2D eigenvalue weighted by atomic mass is 14.7. The molecule has 2 unspecified atom stereocenters. The third-order valence-electron chi connectivity index (χ3n) is 16.2. The first-order valence-corrected chi connectivity index (χ1v) is 25.5. The zero-order valence-electron chi connectivity index (χ0n) is 39.5. The molecule has 4 bridgehead atoms. The molecule has 2 atom stereocenters. The molecule has 0 aliphatic heterocycles. The van der Waals surface area contributed by atoms with E-state index in [0.29, 0.717) is 5.92 Å². The van der Waals surface area contributed by atoms with Crippen molar-refractivity contribution in [3.05, 3.63) is 236 Å². The zero-order valence-corrected chi connectivity index (χ0v) is 39.5. The second-order valence-corrected chi connectivity index (χ2v) is 20.4. The third-order valence-corrected chi connectivity index (χ3v) is 16.2. The minimum absolute atomic E-state index is 0.703. The van der Waals surface area contributed by atoms with Crippen LogP contribution in [0.1, 0.15) is 55.1 Å². The number of nitrogens with zero attached hydrogens (tertiary/aromatic N) is 3. The van der Waals surface area contributed by atoms with Crippen molar-refractivity contribution >= 4 is 21.7 Å². The van der Waals surface area contributed by atoms with Crippen LogP contribution in [-0.2, 0) is 0 Å². The quantitative estimate of drug-likeness (QED) is 0.143. The van der Waals surface area contributed by atoms with Gasteiger partial charge in [0.1, 0.15) is 0 Å². The summed E-state index contributed by atoms with van der Waals surface area (Å²) in [4.78, 5) is 15.3. The van der Waals surface area contributed by atoms with Gasteiger partial charge in [0.2, 0.25) is 0 Å². The number of aromatic nitrogens is 3. The van der Waals surface area contributed by atoms with Crippen molar-refractivity contribution in [1.29, 1.82) is 0 Å². The van der Waals surface area contributed by atoms with Crippen LogP contribution in [0.2, 0.25) is 0 Å². The van der Waals surface area contributed by atoms with Crippen molar-refractivity contribution in [2.24, 2.45) is 11.8 Å². The highest BCUT2D eigenvalue weighted by Gasteiger charge is 2.42. The van der Waals surface area contributed by atoms with Crippen LogP contribution in [0.3, 0.4) is 0 Å². The van der Waals surface area contributed by atoms with Crippen LogP contribution in [0.25, 0.3) is 111 Å². The Bertz CT molecular complexity index is 3800. The molecule has 0 saturated heterocycles. The number of benzene rings is 8. The number of pyridine rings is 3. The third kappa shape index (κ3) is 7.56. The van der Waals surface area contributed by atoms with E-state index in [9.17, 15) is 0 Å². The van der Waals surface area contributed by atoms with Crippen LogP contribution in [0.5, 0.6) is 0 Å². The van der Waals surface area contributed by atoms with Crippen molar-refractivity contribution in [2.75, 3.05) is 0 Å². The Labute approximate surface area is 415 Å². The molecule has 3 nitrogen and oxygen atoms in total. The van der Waals surface area contributed by atoms with Crippen LogP contribution < -0.4 is 0 Å². The molecule has 2 fully saturated rings. The van der Waals surface area contributed by atoms with Gasteiger partial charge in [0.25, 0.3) is 0 Å². The smallest absolute Gasteiger partial charge is 0.0780 e. The molecule has 0 amide bonds. The minimum atomic E-state index is 0.703. The Morgan fingerprint density at radius 3 is 1.32 bits per heavy atom. The van der Waals surface area contributed by atoms with E-state index in [1.165, 1.54) is 48.4 Å². The fraction of sp³-hybridized carbons (Fsp3) is 0.132. The normalized spacial score (nSPS) is 17.9. The molecule has 3 heterocycles. The summed E-state index contributed by atoms with van der Waals surface area (Å²) in [7, 11) is 0. The van der Waals surface area contributed by atoms with Gasteiger partial charge >= 0.3 is 0 Å². The molecule has 0 N–H and O–H groups in total. The van der Waals surface area contributed by atoms with Gasteiger partial charge in [-0.15, -0.1) is 0 Å². The fourth-order valence-corrected chi connectivity index (χ4v) is 12.9. The van der Waals surface area contributed by atoms with Crippen LogP contribution in [0, 0.1) is 11.8 Å². The lowest BCUT2D eigenvalue weighted by Gasteiger charge is -2.38. The van der Waals surface area contributed by atoms with E-state index in [0.717, 1.165) is 112 Å². The van der Waals surface area contributed by atoms with E-state index in [2.05, 4.69) is 206 Å². The molecule has 4 aliphatic rings. The SMILES string of the molecule is c1ccc(-c2ccc(-c3ccccc3-c3cc(-c4ccccc4-c4ccc(-c5ccc6c(c5)C5CC7CC(CC6C7)C5)nc4)cc(-c4ccccc4-c4cnc5c(ccc6ccccc65)c4)c3)cn2)cc1. The minimum Gasteiger partial charge on any atom is -0.256 e. The van der Waals surface area contributed by atoms with E-state index in [4.69, 9.17) is 15.0 Å². The van der Waals surface area contributed by atoms with Gasteiger partial charge in [-0.1, -0.05) is 164 Å². The predicted octanol–water partition coefficient (Wildman–Crippen LogP) is 17.9. The molecule has 8 aromatic carbocycles. The van der Waals surface area contributed by atoms with Gasteiger partial charge in [0.15, 0.2) is 0 Å². The maximum Gasteiger partial charge on any atom is 0.0780 e. The average Bonchev–Trinajstić information content (AvgIpc) is 3.61. The first kappa shape index (κ1) is 41.7. The van der Waals surface area contributed by atoms with Crippen molar-refractivity contribution < 1.29 is 0 Å². The molecular weight excluding hydrogens is 859 g/mol. The van der Waals surface area contributed by atoms with E-state index >= 15 is 0 Å². The first-order chi connectivity index (χ1) is 35.1. The van der Waals surface area contributed by atoms with Gasteiger partial charge in [-0.2, -0.15) is 0 Å². The molecule has 15 rings (SSSR count). The van der Waals surface area contributed by atoms with Gasteiger partial charge < -0.3 is 0 Å². The summed E-state index contributed by atoms with van der Waals surface area (Å²) in [6.07, 6.45) is 13.1. The highest BCUT2D eigenvalue weighted by molar-refractivity contribution is 6.06. The van der Waals surface area contributed by atoms with Gasteiger partial charge in [-0.3, -0.25) is 15.0 Å². The lowest BCUT2D eigenvalue weighted by molar-refractivity contribution is 0.166. The molecule has 3 aromatic heterocycles. The number of hydrogen-bond acceptors (Lipinski definition) is 3. The van der Waals surface area contributed by atoms with Gasteiger partial charge in [0, 0.05) is 57.2 Å². The van der Waals surface area contributed by atoms with E-state index < -0.39 is 0 Å². The second kappa shape index (κ2) is 17.3. The number of hydrogen-bond donors (Lipinski definition) is 0. The average molecular weight is 910 g/mol. The zero-order chi connectivity index (χ0) is 46.8.